The summed E-state index contributed by atoms with van der Waals surface area (Å²) in [5.74, 6) is -1.81. The number of phenols is 1. The van der Waals surface area contributed by atoms with Crippen LogP contribution in [0, 0.1) is 0 Å². The first-order chi connectivity index (χ1) is 15.3. The van der Waals surface area contributed by atoms with E-state index in [2.05, 4.69) is 15.5 Å². The lowest BCUT2D eigenvalue weighted by molar-refractivity contribution is -0.147. The first kappa shape index (κ1) is 21.4. The molecule has 0 spiro atoms. The molecule has 0 saturated carbocycles. The van der Waals surface area contributed by atoms with Crippen LogP contribution in [0.15, 0.2) is 41.2 Å². The number of H-pyrrole nitrogens is 1. The number of fused-ring (bicyclic) bond motifs is 1. The van der Waals surface area contributed by atoms with Crippen molar-refractivity contribution in [3.8, 4) is 17.2 Å². The number of anilines is 1. The molecule has 3 aromatic rings. The van der Waals surface area contributed by atoms with Gasteiger partial charge >= 0.3 is 11.9 Å². The standard InChI is InChI=1S/C22H18ClN3O6/c23-16-10-17(24-21(29)22(30)31)14-2-1-3-15(14)20(16)32-13-5-6-18(27)11(9-13)8-12-4-7-19(28)26-25-12/h4-7,9-10,27H,1-3,8H2,(H,24,29)(H,26,28)(H,30,31). The van der Waals surface area contributed by atoms with Crippen molar-refractivity contribution in [1.82, 2.24) is 10.2 Å². The average molecular weight is 456 g/mol. The third-order valence-electron chi connectivity index (χ3n) is 5.13. The van der Waals surface area contributed by atoms with Crippen molar-refractivity contribution in [3.05, 3.63) is 74.2 Å². The van der Waals surface area contributed by atoms with Crippen LogP contribution in [0.1, 0.15) is 28.8 Å². The van der Waals surface area contributed by atoms with Crippen LogP contribution < -0.4 is 15.6 Å². The number of amides is 1. The van der Waals surface area contributed by atoms with Gasteiger partial charge in [-0.2, -0.15) is 5.10 Å². The second-order valence-electron chi connectivity index (χ2n) is 7.29. The number of carbonyl (C=O) groups excluding carboxylic acids is 1. The summed E-state index contributed by atoms with van der Waals surface area (Å²) in [4.78, 5) is 33.7. The van der Waals surface area contributed by atoms with Gasteiger partial charge in [0.15, 0.2) is 0 Å². The van der Waals surface area contributed by atoms with E-state index in [-0.39, 0.29) is 22.8 Å². The van der Waals surface area contributed by atoms with Gasteiger partial charge in [0.05, 0.1) is 10.7 Å². The first-order valence-electron chi connectivity index (χ1n) is 9.74. The zero-order valence-corrected chi connectivity index (χ0v) is 17.4. The minimum absolute atomic E-state index is 0.0495. The minimum atomic E-state index is -1.58. The number of aromatic nitrogens is 2. The Kier molecular flexibility index (Phi) is 5.83. The summed E-state index contributed by atoms with van der Waals surface area (Å²) >= 11 is 6.42. The molecule has 0 unspecified atom stereocenters. The predicted molar refractivity (Wildman–Crippen MR) is 116 cm³/mol. The summed E-state index contributed by atoms with van der Waals surface area (Å²) in [6.45, 7) is 0. The number of nitrogens with one attached hydrogen (secondary N) is 2. The topological polar surface area (TPSA) is 142 Å². The lowest BCUT2D eigenvalue weighted by atomic mass is 10.1. The highest BCUT2D eigenvalue weighted by Crippen LogP contribution is 2.43. The number of hydrogen-bond donors (Lipinski definition) is 4. The third kappa shape index (κ3) is 4.42. The van der Waals surface area contributed by atoms with Gasteiger partial charge in [-0.25, -0.2) is 9.89 Å². The number of carboxylic acids is 1. The van der Waals surface area contributed by atoms with Gasteiger partial charge in [-0.05, 0) is 55.2 Å². The van der Waals surface area contributed by atoms with Crippen molar-refractivity contribution in [3.63, 3.8) is 0 Å². The van der Waals surface area contributed by atoms with E-state index in [1.165, 1.54) is 18.2 Å². The molecule has 2 aromatic carbocycles. The molecule has 4 rings (SSSR count). The number of halogens is 1. The van der Waals surface area contributed by atoms with Gasteiger partial charge in [-0.1, -0.05) is 11.6 Å². The van der Waals surface area contributed by atoms with Gasteiger partial charge in [0.1, 0.15) is 17.2 Å². The Hall–Kier alpha value is -3.85. The molecular formula is C22H18ClN3O6. The number of nitrogens with zero attached hydrogens (tertiary/aromatic N) is 1. The number of aliphatic carboxylic acids is 1. The molecule has 1 aromatic heterocycles. The quantitative estimate of drug-likeness (QED) is 0.433. The Morgan fingerprint density at radius 3 is 2.66 bits per heavy atom. The number of ether oxygens (including phenoxy) is 1. The maximum atomic E-state index is 11.6. The van der Waals surface area contributed by atoms with Crippen LogP contribution >= 0.6 is 11.6 Å². The number of aromatic hydroxyl groups is 1. The van der Waals surface area contributed by atoms with Crippen molar-refractivity contribution < 1.29 is 24.5 Å². The second kappa shape index (κ2) is 8.72. The van der Waals surface area contributed by atoms with Crippen LogP contribution in [0.3, 0.4) is 0 Å². The number of hydrogen-bond acceptors (Lipinski definition) is 6. The van der Waals surface area contributed by atoms with Crippen molar-refractivity contribution in [2.75, 3.05) is 5.32 Å². The van der Waals surface area contributed by atoms with Crippen LogP contribution in [0.2, 0.25) is 5.02 Å². The highest BCUT2D eigenvalue weighted by Gasteiger charge is 2.25. The Labute approximate surface area is 186 Å². The highest BCUT2D eigenvalue weighted by molar-refractivity contribution is 6.37. The number of benzene rings is 2. The fourth-order valence-corrected chi connectivity index (χ4v) is 3.93. The molecule has 1 aliphatic carbocycles. The number of aromatic amines is 1. The smallest absolute Gasteiger partial charge is 0.394 e. The van der Waals surface area contributed by atoms with Crippen LogP contribution in [-0.4, -0.2) is 32.3 Å². The molecule has 4 N–H and O–H groups in total. The second-order valence-corrected chi connectivity index (χ2v) is 7.69. The lowest BCUT2D eigenvalue weighted by Crippen LogP contribution is -2.22. The fraction of sp³-hybridized carbons (Fsp3) is 0.182. The molecule has 1 heterocycles. The molecule has 0 aliphatic heterocycles. The largest absolute Gasteiger partial charge is 0.508 e. The van der Waals surface area contributed by atoms with Crippen LogP contribution in [0.5, 0.6) is 17.2 Å². The van der Waals surface area contributed by atoms with Gasteiger partial charge < -0.3 is 20.3 Å². The van der Waals surface area contributed by atoms with E-state index in [0.29, 0.717) is 41.3 Å². The van der Waals surface area contributed by atoms with E-state index >= 15 is 0 Å². The van der Waals surface area contributed by atoms with Gasteiger partial charge in [-0.15, -0.1) is 0 Å². The van der Waals surface area contributed by atoms with Gasteiger partial charge in [-0.3, -0.25) is 9.59 Å². The average Bonchev–Trinajstić information content (AvgIpc) is 3.24. The molecule has 0 radical (unpaired) electrons. The SMILES string of the molecule is O=C(O)C(=O)Nc1cc(Cl)c(Oc2ccc(O)c(Cc3ccc(=O)[nH]n3)c2)c2c1CCC2. The number of rotatable bonds is 5. The summed E-state index contributed by atoms with van der Waals surface area (Å²) in [6, 6.07) is 9.14. The van der Waals surface area contributed by atoms with E-state index in [0.717, 1.165) is 17.5 Å². The minimum Gasteiger partial charge on any atom is -0.508 e. The first-order valence-corrected chi connectivity index (χ1v) is 10.1. The van der Waals surface area contributed by atoms with Crippen molar-refractivity contribution >= 4 is 29.2 Å². The molecule has 164 valence electrons. The fourth-order valence-electron chi connectivity index (χ4n) is 3.66. The van der Waals surface area contributed by atoms with Crippen molar-refractivity contribution in [2.45, 2.75) is 25.7 Å². The van der Waals surface area contributed by atoms with Crippen LogP contribution in [-0.2, 0) is 28.9 Å². The summed E-state index contributed by atoms with van der Waals surface area (Å²) in [6.07, 6.45) is 2.39. The van der Waals surface area contributed by atoms with Gasteiger partial charge in [0, 0.05) is 29.3 Å². The van der Waals surface area contributed by atoms with Crippen LogP contribution in [0.4, 0.5) is 5.69 Å². The van der Waals surface area contributed by atoms with Gasteiger partial charge in [0.25, 0.3) is 5.56 Å². The van der Waals surface area contributed by atoms with Crippen molar-refractivity contribution in [1.29, 1.82) is 0 Å². The van der Waals surface area contributed by atoms with E-state index in [1.807, 2.05) is 0 Å². The Balaban J connectivity index is 1.64. The Morgan fingerprint density at radius 2 is 1.94 bits per heavy atom. The van der Waals surface area contributed by atoms with Gasteiger partial charge in [0.2, 0.25) is 0 Å². The molecule has 0 saturated heterocycles. The zero-order valence-electron chi connectivity index (χ0n) is 16.6. The van der Waals surface area contributed by atoms with E-state index in [4.69, 9.17) is 21.4 Å². The lowest BCUT2D eigenvalue weighted by Gasteiger charge is -2.17. The molecule has 1 aliphatic rings. The monoisotopic (exact) mass is 455 g/mol. The normalized spacial score (nSPS) is 12.3. The maximum absolute atomic E-state index is 11.6. The predicted octanol–water partition coefficient (Wildman–Crippen LogP) is 3.02. The van der Waals surface area contributed by atoms with Crippen LogP contribution in [0.25, 0.3) is 0 Å². The summed E-state index contributed by atoms with van der Waals surface area (Å²) in [5.41, 5.74) is 2.74. The number of carbonyl (C=O) groups is 2. The van der Waals surface area contributed by atoms with E-state index in [9.17, 15) is 19.5 Å². The maximum Gasteiger partial charge on any atom is 0.394 e. The van der Waals surface area contributed by atoms with E-state index in [1.54, 1.807) is 18.2 Å². The summed E-state index contributed by atoms with van der Waals surface area (Å²) in [5, 5.41) is 28.0. The Morgan fingerprint density at radius 1 is 1.16 bits per heavy atom. The number of phenolic OH excluding ortho intramolecular Hbond substituents is 1. The molecule has 32 heavy (non-hydrogen) atoms. The molecular weight excluding hydrogens is 438 g/mol. The zero-order chi connectivity index (χ0) is 22.8. The molecule has 1 amide bonds. The molecule has 0 fully saturated rings. The highest BCUT2D eigenvalue weighted by atomic mass is 35.5. The summed E-state index contributed by atoms with van der Waals surface area (Å²) in [7, 11) is 0. The molecule has 0 atom stereocenters. The molecule has 9 nitrogen and oxygen atoms in total. The number of carboxylic acid groups (broad SMARTS) is 1. The molecule has 10 heteroatoms. The van der Waals surface area contributed by atoms with E-state index < -0.39 is 11.9 Å². The molecule has 0 bridgehead atoms. The third-order valence-corrected chi connectivity index (χ3v) is 5.41. The Bertz CT molecular complexity index is 1270. The summed E-state index contributed by atoms with van der Waals surface area (Å²) < 4.78 is 6.06. The van der Waals surface area contributed by atoms with Crippen molar-refractivity contribution in [2.24, 2.45) is 0 Å².